The number of nitrogens with one attached hydrogen (secondary N) is 1. The van der Waals surface area contributed by atoms with Crippen molar-refractivity contribution in [3.8, 4) is 5.75 Å². The van der Waals surface area contributed by atoms with Crippen LogP contribution in [0.3, 0.4) is 0 Å². The summed E-state index contributed by atoms with van der Waals surface area (Å²) >= 11 is 12.8. The van der Waals surface area contributed by atoms with Crippen molar-refractivity contribution < 1.29 is 14.3 Å². The third kappa shape index (κ3) is 5.86. The number of para-hydroxylation sites is 1. The molecule has 8 heteroatoms. The van der Waals surface area contributed by atoms with Crippen LogP contribution in [0.1, 0.15) is 16.7 Å². The number of ether oxygens (including phenoxy) is 1. The minimum atomic E-state index is -0.316. The van der Waals surface area contributed by atoms with Gasteiger partial charge in [0.2, 0.25) is 0 Å². The Hall–Kier alpha value is -3.13. The third-order valence-electron chi connectivity index (χ3n) is 5.08. The van der Waals surface area contributed by atoms with E-state index < -0.39 is 0 Å². The molecule has 2 amide bonds. The normalized spacial score (nSPS) is 14.5. The Kier molecular flexibility index (Phi) is 7.67. The van der Waals surface area contributed by atoms with Gasteiger partial charge in [0.1, 0.15) is 10.1 Å². The number of amides is 2. The summed E-state index contributed by atoms with van der Waals surface area (Å²) < 4.78 is 6.27. The first kappa shape index (κ1) is 24.0. The van der Waals surface area contributed by atoms with Gasteiger partial charge in [0.05, 0.1) is 11.4 Å². The number of aryl methyl sites for hydroxylation is 1. The fourth-order valence-electron chi connectivity index (χ4n) is 3.29. The highest BCUT2D eigenvalue weighted by Crippen LogP contribution is 2.35. The van der Waals surface area contributed by atoms with Gasteiger partial charge >= 0.3 is 0 Å². The zero-order chi connectivity index (χ0) is 24.1. The number of halogens is 1. The molecule has 1 fully saturated rings. The number of nitrogens with zero attached hydrogens (tertiary/aromatic N) is 1. The number of carbonyl (C=O) groups excluding carboxylic acids is 2. The van der Waals surface area contributed by atoms with Gasteiger partial charge in [0, 0.05) is 16.3 Å². The zero-order valence-electron chi connectivity index (χ0n) is 18.3. The quantitative estimate of drug-likeness (QED) is 0.310. The number of rotatable bonds is 7. The van der Waals surface area contributed by atoms with Crippen molar-refractivity contribution in [2.75, 3.05) is 11.9 Å². The molecule has 0 unspecified atom stereocenters. The number of benzene rings is 3. The van der Waals surface area contributed by atoms with Crippen LogP contribution in [0.15, 0.2) is 77.7 Å². The Balaban J connectivity index is 1.43. The Morgan fingerprint density at radius 3 is 2.62 bits per heavy atom. The molecule has 34 heavy (non-hydrogen) atoms. The van der Waals surface area contributed by atoms with E-state index in [9.17, 15) is 9.59 Å². The Morgan fingerprint density at radius 1 is 1.12 bits per heavy atom. The molecular formula is C26H21ClN2O3S2. The number of hydrogen-bond acceptors (Lipinski definition) is 5. The van der Waals surface area contributed by atoms with Crippen molar-refractivity contribution in [1.82, 2.24) is 4.90 Å². The van der Waals surface area contributed by atoms with Gasteiger partial charge in [-0.25, -0.2) is 0 Å². The number of carbonyl (C=O) groups is 2. The molecule has 3 aromatic carbocycles. The third-order valence-corrected chi connectivity index (χ3v) is 6.86. The smallest absolute Gasteiger partial charge is 0.266 e. The Morgan fingerprint density at radius 2 is 1.85 bits per heavy atom. The lowest BCUT2D eigenvalue weighted by atomic mass is 10.1. The van der Waals surface area contributed by atoms with Gasteiger partial charge in [-0.3, -0.25) is 14.5 Å². The topological polar surface area (TPSA) is 58.6 Å². The summed E-state index contributed by atoms with van der Waals surface area (Å²) in [4.78, 5) is 27.5. The monoisotopic (exact) mass is 508 g/mol. The summed E-state index contributed by atoms with van der Waals surface area (Å²) in [6.07, 6.45) is 1.75. The summed E-state index contributed by atoms with van der Waals surface area (Å²) in [5, 5.41) is 3.35. The van der Waals surface area contributed by atoms with E-state index in [0.717, 1.165) is 11.1 Å². The molecule has 0 aromatic heterocycles. The largest absolute Gasteiger partial charge is 0.483 e. The molecule has 0 aliphatic carbocycles. The second-order valence-electron chi connectivity index (χ2n) is 7.59. The molecule has 0 spiro atoms. The number of thioether (sulfide) groups is 1. The summed E-state index contributed by atoms with van der Waals surface area (Å²) in [5.41, 5.74) is 3.22. The number of thiocarbonyl (C=S) groups is 1. The summed E-state index contributed by atoms with van der Waals surface area (Å²) in [6.45, 7) is 2.12. The molecule has 1 N–H and O–H groups in total. The molecule has 172 valence electrons. The van der Waals surface area contributed by atoms with E-state index in [0.29, 0.717) is 37.8 Å². The fourth-order valence-corrected chi connectivity index (χ4v) is 4.71. The van der Waals surface area contributed by atoms with Gasteiger partial charge < -0.3 is 10.1 Å². The lowest BCUT2D eigenvalue weighted by Gasteiger charge is -2.14. The highest BCUT2D eigenvalue weighted by Gasteiger charge is 2.32. The van der Waals surface area contributed by atoms with Crippen molar-refractivity contribution in [2.45, 2.75) is 13.5 Å². The van der Waals surface area contributed by atoms with E-state index in [4.69, 9.17) is 28.6 Å². The maximum absolute atomic E-state index is 13.0. The van der Waals surface area contributed by atoms with Crippen LogP contribution in [0.25, 0.3) is 6.08 Å². The van der Waals surface area contributed by atoms with Crippen LogP contribution in [0, 0.1) is 6.92 Å². The van der Waals surface area contributed by atoms with Gasteiger partial charge in [0.25, 0.3) is 11.8 Å². The average Bonchev–Trinajstić information content (AvgIpc) is 3.09. The van der Waals surface area contributed by atoms with Gasteiger partial charge in [0.15, 0.2) is 6.61 Å². The van der Waals surface area contributed by atoms with Gasteiger partial charge in [-0.05, 0) is 42.3 Å². The minimum absolute atomic E-state index is 0.150. The Labute approximate surface area is 212 Å². The summed E-state index contributed by atoms with van der Waals surface area (Å²) in [5.74, 6) is 0.0273. The first-order valence-corrected chi connectivity index (χ1v) is 12.1. The number of hydrogen-bond donors (Lipinski definition) is 1. The van der Waals surface area contributed by atoms with E-state index in [1.807, 2.05) is 61.5 Å². The van der Waals surface area contributed by atoms with Crippen molar-refractivity contribution in [3.05, 3.63) is 99.4 Å². The van der Waals surface area contributed by atoms with Crippen LogP contribution < -0.4 is 10.1 Å². The zero-order valence-corrected chi connectivity index (χ0v) is 20.7. The molecule has 0 radical (unpaired) electrons. The van der Waals surface area contributed by atoms with Gasteiger partial charge in [-0.1, -0.05) is 90.2 Å². The molecular weight excluding hydrogens is 488 g/mol. The molecule has 1 aliphatic heterocycles. The lowest BCUT2D eigenvalue weighted by Crippen LogP contribution is -2.27. The molecule has 1 saturated heterocycles. The van der Waals surface area contributed by atoms with Crippen molar-refractivity contribution in [1.29, 1.82) is 0 Å². The maximum atomic E-state index is 13.0. The van der Waals surface area contributed by atoms with E-state index in [1.165, 1.54) is 11.8 Å². The van der Waals surface area contributed by atoms with Crippen LogP contribution in [-0.4, -0.2) is 27.6 Å². The van der Waals surface area contributed by atoms with Crippen molar-refractivity contribution in [2.24, 2.45) is 0 Å². The molecule has 0 atom stereocenters. The van der Waals surface area contributed by atoms with Crippen LogP contribution in [0.2, 0.25) is 5.02 Å². The molecule has 0 bridgehead atoms. The highest BCUT2D eigenvalue weighted by atomic mass is 35.5. The van der Waals surface area contributed by atoms with Crippen LogP contribution in [-0.2, 0) is 16.1 Å². The van der Waals surface area contributed by atoms with Crippen LogP contribution in [0.5, 0.6) is 5.75 Å². The van der Waals surface area contributed by atoms with E-state index in [2.05, 4.69) is 5.32 Å². The molecule has 1 heterocycles. The standard InChI is InChI=1S/C26H21ClN2O3S2/c1-17-11-12-20(14-21(17)27)28-24(30)16-32-22-10-6-5-9-19(22)13-23-25(31)29(26(33)34-23)15-18-7-3-2-4-8-18/h2-14H,15-16H2,1H3,(H,28,30)/b23-13-. The predicted molar refractivity (Wildman–Crippen MR) is 142 cm³/mol. The molecule has 0 saturated carbocycles. The number of anilines is 1. The van der Waals surface area contributed by atoms with Crippen LogP contribution >= 0.6 is 35.6 Å². The van der Waals surface area contributed by atoms with Crippen LogP contribution in [0.4, 0.5) is 5.69 Å². The average molecular weight is 509 g/mol. The maximum Gasteiger partial charge on any atom is 0.266 e. The lowest BCUT2D eigenvalue weighted by molar-refractivity contribution is -0.122. The fraction of sp³-hybridized carbons (Fsp3) is 0.115. The van der Waals surface area contributed by atoms with E-state index in [1.54, 1.807) is 29.2 Å². The Bertz CT molecular complexity index is 1280. The summed E-state index contributed by atoms with van der Waals surface area (Å²) in [7, 11) is 0. The highest BCUT2D eigenvalue weighted by molar-refractivity contribution is 8.26. The summed E-state index contributed by atoms with van der Waals surface area (Å²) in [6, 6.07) is 22.3. The second kappa shape index (κ2) is 10.9. The molecule has 3 aromatic rings. The molecule has 1 aliphatic rings. The van der Waals surface area contributed by atoms with Crippen molar-refractivity contribution in [3.63, 3.8) is 0 Å². The van der Waals surface area contributed by atoms with Gasteiger partial charge in [-0.2, -0.15) is 0 Å². The van der Waals surface area contributed by atoms with Gasteiger partial charge in [-0.15, -0.1) is 0 Å². The second-order valence-corrected chi connectivity index (χ2v) is 9.68. The van der Waals surface area contributed by atoms with E-state index >= 15 is 0 Å². The van der Waals surface area contributed by atoms with E-state index in [-0.39, 0.29) is 18.4 Å². The first-order chi connectivity index (χ1) is 16.4. The molecule has 5 nitrogen and oxygen atoms in total. The predicted octanol–water partition coefficient (Wildman–Crippen LogP) is 6.07. The molecule has 4 rings (SSSR count). The SMILES string of the molecule is Cc1ccc(NC(=O)COc2ccccc2/C=C2\SC(=S)N(Cc3ccccc3)C2=O)cc1Cl. The van der Waals surface area contributed by atoms with Crippen molar-refractivity contribution >= 4 is 63.5 Å². The minimum Gasteiger partial charge on any atom is -0.483 e. The first-order valence-electron chi connectivity index (χ1n) is 10.5.